The van der Waals surface area contributed by atoms with Gasteiger partial charge in [0.15, 0.2) is 0 Å². The van der Waals surface area contributed by atoms with Crippen LogP contribution in [0.5, 0.6) is 0 Å². The van der Waals surface area contributed by atoms with Crippen LogP contribution in [0.3, 0.4) is 0 Å². The number of para-hydroxylation sites is 1. The van der Waals surface area contributed by atoms with E-state index in [4.69, 9.17) is 0 Å². The average molecular weight is 391 g/mol. The van der Waals surface area contributed by atoms with Gasteiger partial charge in [-0.3, -0.25) is 9.69 Å². The van der Waals surface area contributed by atoms with E-state index in [-0.39, 0.29) is 10.8 Å². The lowest BCUT2D eigenvalue weighted by Crippen LogP contribution is -2.28. The van der Waals surface area contributed by atoms with Crippen LogP contribution < -0.4 is 4.90 Å². The lowest BCUT2D eigenvalue weighted by atomic mass is 10.2. The minimum Gasteiger partial charge on any atom is -0.466 e. The summed E-state index contributed by atoms with van der Waals surface area (Å²) in [5, 5.41) is 8.54. The first kappa shape index (κ1) is 19.3. The second kappa shape index (κ2) is 9.48. The summed E-state index contributed by atoms with van der Waals surface area (Å²) in [5.74, 6) is -0.949. The molecule has 0 saturated carbocycles. The molecular formula is C21H17N3O3S. The van der Waals surface area contributed by atoms with Crippen molar-refractivity contribution in [1.29, 1.82) is 0 Å². The molecule has 0 bridgehead atoms. The number of hydrogen-bond acceptors (Lipinski definition) is 6. The van der Waals surface area contributed by atoms with Crippen molar-refractivity contribution in [3.63, 3.8) is 0 Å². The van der Waals surface area contributed by atoms with Crippen LogP contribution in [0.2, 0.25) is 0 Å². The SMILES string of the molecule is COC(=O)/C=C1\S\C(=N/N=C/C=C/c2ccccc2)N(c2ccccc2)C1=O. The van der Waals surface area contributed by atoms with Crippen molar-refractivity contribution in [2.75, 3.05) is 12.0 Å². The number of allylic oxidation sites excluding steroid dienone is 1. The van der Waals surface area contributed by atoms with Gasteiger partial charge in [0.25, 0.3) is 5.91 Å². The molecule has 1 heterocycles. The average Bonchev–Trinajstić information content (AvgIpc) is 3.04. The maximum atomic E-state index is 12.7. The maximum Gasteiger partial charge on any atom is 0.331 e. The number of benzene rings is 2. The topological polar surface area (TPSA) is 71.3 Å². The molecule has 0 aromatic heterocycles. The molecule has 2 aromatic rings. The number of carbonyl (C=O) groups excluding carboxylic acids is 2. The highest BCUT2D eigenvalue weighted by molar-refractivity contribution is 8.19. The summed E-state index contributed by atoms with van der Waals surface area (Å²) in [6, 6.07) is 18.9. The Morgan fingerprint density at radius 1 is 1.07 bits per heavy atom. The molecule has 0 atom stereocenters. The van der Waals surface area contributed by atoms with E-state index in [2.05, 4.69) is 14.9 Å². The summed E-state index contributed by atoms with van der Waals surface area (Å²) >= 11 is 1.07. The van der Waals surface area contributed by atoms with Crippen molar-refractivity contribution in [1.82, 2.24) is 0 Å². The molecule has 1 saturated heterocycles. The molecule has 0 radical (unpaired) electrons. The van der Waals surface area contributed by atoms with Crippen molar-refractivity contribution < 1.29 is 14.3 Å². The Labute approximate surface area is 166 Å². The number of ether oxygens (including phenoxy) is 1. The summed E-state index contributed by atoms with van der Waals surface area (Å²) < 4.78 is 4.61. The lowest BCUT2D eigenvalue weighted by Gasteiger charge is -2.14. The Kier molecular flexibility index (Phi) is 6.54. The Morgan fingerprint density at radius 2 is 1.75 bits per heavy atom. The maximum absolute atomic E-state index is 12.7. The number of carbonyl (C=O) groups is 2. The van der Waals surface area contributed by atoms with Crippen LogP contribution in [0.25, 0.3) is 6.08 Å². The van der Waals surface area contributed by atoms with Gasteiger partial charge in [0, 0.05) is 12.3 Å². The highest BCUT2D eigenvalue weighted by atomic mass is 32.2. The lowest BCUT2D eigenvalue weighted by molar-refractivity contribution is -0.135. The first-order valence-corrected chi connectivity index (χ1v) is 9.20. The number of amidine groups is 1. The van der Waals surface area contributed by atoms with E-state index in [0.717, 1.165) is 23.4 Å². The third-order valence-electron chi connectivity index (χ3n) is 3.66. The van der Waals surface area contributed by atoms with Crippen LogP contribution in [-0.4, -0.2) is 30.4 Å². The molecule has 28 heavy (non-hydrogen) atoms. The summed E-state index contributed by atoms with van der Waals surface area (Å²) in [5.41, 5.74) is 1.68. The van der Waals surface area contributed by atoms with Crippen molar-refractivity contribution in [3.05, 3.63) is 83.3 Å². The van der Waals surface area contributed by atoms with Gasteiger partial charge in [0.05, 0.1) is 17.7 Å². The van der Waals surface area contributed by atoms with Gasteiger partial charge in [-0.25, -0.2) is 4.79 Å². The number of rotatable bonds is 5. The fourth-order valence-corrected chi connectivity index (χ4v) is 3.25. The molecule has 1 aliphatic heterocycles. The van der Waals surface area contributed by atoms with E-state index < -0.39 is 5.97 Å². The van der Waals surface area contributed by atoms with Crippen molar-refractivity contribution in [3.8, 4) is 0 Å². The number of thioether (sulfide) groups is 1. The van der Waals surface area contributed by atoms with Gasteiger partial charge in [-0.15, -0.1) is 5.10 Å². The molecule has 1 aliphatic rings. The second-order valence-corrected chi connectivity index (χ2v) is 6.54. The van der Waals surface area contributed by atoms with Crippen molar-refractivity contribution in [2.45, 2.75) is 0 Å². The number of amides is 1. The first-order chi connectivity index (χ1) is 13.7. The van der Waals surface area contributed by atoms with E-state index in [0.29, 0.717) is 10.9 Å². The minimum atomic E-state index is -0.598. The van der Waals surface area contributed by atoms with Crippen LogP contribution in [0.1, 0.15) is 5.56 Å². The molecule has 2 aromatic carbocycles. The molecular weight excluding hydrogens is 374 g/mol. The zero-order chi connectivity index (χ0) is 19.8. The second-order valence-electron chi connectivity index (χ2n) is 5.53. The van der Waals surface area contributed by atoms with E-state index in [1.807, 2.05) is 54.6 Å². The van der Waals surface area contributed by atoms with E-state index in [1.54, 1.807) is 18.2 Å². The van der Waals surface area contributed by atoms with Crippen molar-refractivity contribution in [2.24, 2.45) is 10.2 Å². The zero-order valence-corrected chi connectivity index (χ0v) is 15.9. The van der Waals surface area contributed by atoms with Gasteiger partial charge in [0.1, 0.15) is 0 Å². The van der Waals surface area contributed by atoms with Crippen LogP contribution >= 0.6 is 11.8 Å². The largest absolute Gasteiger partial charge is 0.466 e. The summed E-state index contributed by atoms with van der Waals surface area (Å²) in [4.78, 5) is 25.9. The molecule has 1 amide bonds. The van der Waals surface area contributed by atoms with Gasteiger partial charge in [-0.05, 0) is 35.5 Å². The van der Waals surface area contributed by atoms with Gasteiger partial charge in [-0.2, -0.15) is 5.10 Å². The Bertz CT molecular complexity index is 967. The number of nitrogens with zero attached hydrogens (tertiary/aromatic N) is 3. The Hall–Kier alpha value is -3.45. The van der Waals surface area contributed by atoms with Crippen molar-refractivity contribution >= 4 is 46.8 Å². The fraction of sp³-hybridized carbons (Fsp3) is 0.0476. The smallest absolute Gasteiger partial charge is 0.331 e. The predicted molar refractivity (Wildman–Crippen MR) is 113 cm³/mol. The molecule has 140 valence electrons. The Morgan fingerprint density at radius 3 is 2.43 bits per heavy atom. The summed E-state index contributed by atoms with van der Waals surface area (Å²) in [6.45, 7) is 0. The fourth-order valence-electron chi connectivity index (χ4n) is 2.35. The van der Waals surface area contributed by atoms with Crippen LogP contribution in [0.4, 0.5) is 5.69 Å². The van der Waals surface area contributed by atoms with Gasteiger partial charge < -0.3 is 4.74 Å². The predicted octanol–water partition coefficient (Wildman–Crippen LogP) is 3.88. The molecule has 3 rings (SSSR count). The molecule has 0 spiro atoms. The van der Waals surface area contributed by atoms with E-state index >= 15 is 0 Å². The molecule has 7 heteroatoms. The highest BCUT2D eigenvalue weighted by Crippen LogP contribution is 2.34. The summed E-state index contributed by atoms with van der Waals surface area (Å²) in [7, 11) is 1.26. The number of anilines is 1. The monoisotopic (exact) mass is 391 g/mol. The van der Waals surface area contributed by atoms with Crippen LogP contribution in [-0.2, 0) is 14.3 Å². The number of esters is 1. The third kappa shape index (κ3) is 4.83. The number of methoxy groups -OCH3 is 1. The first-order valence-electron chi connectivity index (χ1n) is 8.39. The van der Waals surface area contributed by atoms with Gasteiger partial charge in [0.2, 0.25) is 5.17 Å². The highest BCUT2D eigenvalue weighted by Gasteiger charge is 2.35. The van der Waals surface area contributed by atoms with Crippen LogP contribution in [0.15, 0.2) is 87.9 Å². The molecule has 0 N–H and O–H groups in total. The van der Waals surface area contributed by atoms with Gasteiger partial charge in [-0.1, -0.05) is 54.6 Å². The normalized spacial score (nSPS) is 17.3. The molecule has 0 unspecified atom stereocenters. The number of hydrogen-bond donors (Lipinski definition) is 0. The Balaban J connectivity index is 1.83. The quantitative estimate of drug-likeness (QED) is 0.336. The molecule has 0 aliphatic carbocycles. The minimum absolute atomic E-state index is 0.226. The summed E-state index contributed by atoms with van der Waals surface area (Å²) in [6.07, 6.45) is 6.35. The molecule has 6 nitrogen and oxygen atoms in total. The van der Waals surface area contributed by atoms with E-state index in [1.165, 1.54) is 18.2 Å². The molecule has 1 fully saturated rings. The standard InChI is InChI=1S/C21H17N3O3S/c1-27-19(25)15-18-20(26)24(17-12-6-3-7-13-17)21(28-18)23-22-14-8-11-16-9-4-2-5-10-16/h2-15H,1H3/b11-8+,18-15-,22-14+,23-21-. The van der Waals surface area contributed by atoms with E-state index in [9.17, 15) is 9.59 Å². The third-order valence-corrected chi connectivity index (χ3v) is 4.61. The van der Waals surface area contributed by atoms with Crippen LogP contribution in [0, 0.1) is 0 Å². The zero-order valence-electron chi connectivity index (χ0n) is 15.1. The van der Waals surface area contributed by atoms with Gasteiger partial charge >= 0.3 is 5.97 Å².